The Labute approximate surface area is 194 Å². The van der Waals surface area contributed by atoms with Gasteiger partial charge in [0.1, 0.15) is 11.4 Å². The summed E-state index contributed by atoms with van der Waals surface area (Å²) in [5, 5.41) is 6.22. The van der Waals surface area contributed by atoms with Gasteiger partial charge in [-0.25, -0.2) is 18.4 Å². The van der Waals surface area contributed by atoms with Crippen LogP contribution in [0.15, 0.2) is 76.8 Å². The molecule has 4 rings (SSSR count). The summed E-state index contributed by atoms with van der Waals surface area (Å²) in [5.41, 5.74) is 1.48. The number of benzene rings is 3. The first-order valence-corrected chi connectivity index (χ1v) is 11.7. The largest absolute Gasteiger partial charge is 0.494 e. The van der Waals surface area contributed by atoms with E-state index in [0.29, 0.717) is 34.1 Å². The lowest BCUT2D eigenvalue weighted by molar-refractivity contribution is 0.340. The van der Waals surface area contributed by atoms with Crippen LogP contribution in [-0.2, 0) is 10.0 Å². The Morgan fingerprint density at radius 1 is 0.970 bits per heavy atom. The molecule has 9 nitrogen and oxygen atoms in total. The van der Waals surface area contributed by atoms with Crippen molar-refractivity contribution >= 4 is 55.7 Å². The van der Waals surface area contributed by atoms with E-state index < -0.39 is 10.0 Å². The molecule has 0 bridgehead atoms. The van der Waals surface area contributed by atoms with Crippen molar-refractivity contribution in [3.8, 4) is 5.75 Å². The van der Waals surface area contributed by atoms with Gasteiger partial charge in [0.25, 0.3) is 10.0 Å². The number of hydrogen-bond donors (Lipinski definition) is 2. The Hall–Kier alpha value is -3.76. The highest BCUT2D eigenvalue weighted by Gasteiger charge is 2.20. The second kappa shape index (κ2) is 9.39. The molecule has 0 aliphatic rings. The smallest absolute Gasteiger partial charge is 0.263 e. The van der Waals surface area contributed by atoms with Gasteiger partial charge in [-0.1, -0.05) is 29.8 Å². The van der Waals surface area contributed by atoms with Gasteiger partial charge in [0.15, 0.2) is 11.6 Å². The molecule has 4 aromatic rings. The molecule has 1 heterocycles. The maximum atomic E-state index is 13.0. The molecular weight excluding hydrogens is 466 g/mol. The van der Waals surface area contributed by atoms with Crippen LogP contribution in [0, 0.1) is 4.91 Å². The molecule has 0 radical (unpaired) electrons. The number of hydrogen-bond acceptors (Lipinski definition) is 8. The van der Waals surface area contributed by atoms with Gasteiger partial charge in [0.2, 0.25) is 0 Å². The molecule has 0 aliphatic carbocycles. The van der Waals surface area contributed by atoms with E-state index in [-0.39, 0.29) is 22.2 Å². The number of nitrogens with one attached hydrogen (secondary N) is 2. The Morgan fingerprint density at radius 3 is 2.39 bits per heavy atom. The predicted molar refractivity (Wildman–Crippen MR) is 128 cm³/mol. The second-order valence-corrected chi connectivity index (χ2v) is 8.89. The molecule has 0 amide bonds. The predicted octanol–water partition coefficient (Wildman–Crippen LogP) is 5.62. The van der Waals surface area contributed by atoms with Crippen LogP contribution in [0.25, 0.3) is 11.0 Å². The lowest BCUT2D eigenvalue weighted by Gasteiger charge is -2.15. The normalized spacial score (nSPS) is 11.2. The highest BCUT2D eigenvalue weighted by atomic mass is 35.5. The van der Waals surface area contributed by atoms with E-state index in [1.54, 1.807) is 42.5 Å². The summed E-state index contributed by atoms with van der Waals surface area (Å²) in [5.74, 6) is 0.673. The third kappa shape index (κ3) is 5.02. The zero-order chi connectivity index (χ0) is 23.4. The number of sulfonamides is 1. The zero-order valence-electron chi connectivity index (χ0n) is 17.3. The number of halogens is 1. The van der Waals surface area contributed by atoms with E-state index >= 15 is 0 Å². The molecule has 3 aromatic carbocycles. The second-order valence-electron chi connectivity index (χ2n) is 6.80. The van der Waals surface area contributed by atoms with Crippen molar-refractivity contribution in [1.29, 1.82) is 0 Å². The molecule has 0 atom stereocenters. The minimum absolute atomic E-state index is 0.0136. The van der Waals surface area contributed by atoms with Gasteiger partial charge in [0.05, 0.1) is 33.2 Å². The van der Waals surface area contributed by atoms with Crippen LogP contribution in [0.2, 0.25) is 5.02 Å². The number of nitrogens with zero attached hydrogens (tertiary/aromatic N) is 3. The highest BCUT2D eigenvalue weighted by Crippen LogP contribution is 2.33. The van der Waals surface area contributed by atoms with Crippen molar-refractivity contribution < 1.29 is 13.2 Å². The number of rotatable bonds is 8. The van der Waals surface area contributed by atoms with Crippen molar-refractivity contribution in [2.45, 2.75) is 11.8 Å². The summed E-state index contributed by atoms with van der Waals surface area (Å²) in [6.45, 7) is 2.33. The molecule has 2 N–H and O–H groups in total. The summed E-state index contributed by atoms with van der Waals surface area (Å²) < 4.78 is 34.0. The molecule has 0 aliphatic heterocycles. The molecule has 0 saturated heterocycles. The van der Waals surface area contributed by atoms with E-state index in [2.05, 4.69) is 25.2 Å². The van der Waals surface area contributed by atoms with E-state index in [1.165, 1.54) is 24.3 Å². The van der Waals surface area contributed by atoms with Crippen LogP contribution in [-0.4, -0.2) is 25.0 Å². The molecule has 0 saturated carbocycles. The molecule has 0 unspecified atom stereocenters. The summed E-state index contributed by atoms with van der Waals surface area (Å²) >= 11 is 6.33. The monoisotopic (exact) mass is 483 g/mol. The Bertz CT molecular complexity index is 1450. The SMILES string of the molecule is CCOc1ccc(Cl)c(Nc2nc3ccccc3nc2NS(=O)(=O)c2cccc(N=O)c2)c1. The van der Waals surface area contributed by atoms with Gasteiger partial charge in [-0.05, 0) is 54.6 Å². The first-order valence-electron chi connectivity index (χ1n) is 9.82. The summed E-state index contributed by atoms with van der Waals surface area (Å²) in [6.07, 6.45) is 0. The maximum Gasteiger partial charge on any atom is 0.263 e. The average Bonchev–Trinajstić information content (AvgIpc) is 2.81. The minimum atomic E-state index is -4.11. The summed E-state index contributed by atoms with van der Waals surface area (Å²) in [6, 6.07) is 17.4. The number of nitroso groups, excluding NO2 is 1. The van der Waals surface area contributed by atoms with Crippen LogP contribution in [0.1, 0.15) is 6.92 Å². The van der Waals surface area contributed by atoms with Crippen LogP contribution in [0.5, 0.6) is 5.75 Å². The zero-order valence-corrected chi connectivity index (χ0v) is 18.9. The van der Waals surface area contributed by atoms with Gasteiger partial charge in [-0.15, -0.1) is 4.91 Å². The molecule has 0 spiro atoms. The van der Waals surface area contributed by atoms with E-state index in [0.717, 1.165) is 0 Å². The minimum Gasteiger partial charge on any atom is -0.494 e. The lowest BCUT2D eigenvalue weighted by Crippen LogP contribution is -2.16. The lowest BCUT2D eigenvalue weighted by atomic mass is 10.3. The first-order chi connectivity index (χ1) is 15.9. The van der Waals surface area contributed by atoms with Crippen molar-refractivity contribution in [3.63, 3.8) is 0 Å². The Kier molecular flexibility index (Phi) is 6.38. The standard InChI is InChI=1S/C22H18ClN5O4S/c1-2-32-15-10-11-17(23)20(13-15)26-21-22(25-19-9-4-3-8-18(19)24-21)28-33(30,31)16-7-5-6-14(12-16)27-29/h3-13H,2H2,1H3,(H,24,26)(H,25,28). The van der Waals surface area contributed by atoms with Gasteiger partial charge < -0.3 is 10.1 Å². The van der Waals surface area contributed by atoms with Crippen LogP contribution in [0.4, 0.5) is 23.0 Å². The molecular formula is C22H18ClN5O4S. The number of para-hydroxylation sites is 2. The molecule has 33 heavy (non-hydrogen) atoms. The van der Waals surface area contributed by atoms with Crippen LogP contribution >= 0.6 is 11.6 Å². The molecule has 0 fully saturated rings. The Balaban J connectivity index is 1.78. The molecule has 168 valence electrons. The van der Waals surface area contributed by atoms with Gasteiger partial charge in [-0.2, -0.15) is 0 Å². The van der Waals surface area contributed by atoms with Crippen molar-refractivity contribution in [2.75, 3.05) is 16.6 Å². The van der Waals surface area contributed by atoms with Gasteiger partial charge >= 0.3 is 0 Å². The number of fused-ring (bicyclic) bond motifs is 1. The molecule has 1 aromatic heterocycles. The number of ether oxygens (including phenoxy) is 1. The Morgan fingerprint density at radius 2 is 1.70 bits per heavy atom. The fraction of sp³-hybridized carbons (Fsp3) is 0.0909. The summed E-state index contributed by atoms with van der Waals surface area (Å²) in [4.78, 5) is 19.7. The van der Waals surface area contributed by atoms with Crippen molar-refractivity contribution in [1.82, 2.24) is 9.97 Å². The number of anilines is 3. The summed E-state index contributed by atoms with van der Waals surface area (Å²) in [7, 11) is -4.11. The first kappa shape index (κ1) is 22.4. The van der Waals surface area contributed by atoms with E-state index in [9.17, 15) is 13.3 Å². The third-order valence-corrected chi connectivity index (χ3v) is 6.20. The highest BCUT2D eigenvalue weighted by molar-refractivity contribution is 7.92. The topological polar surface area (TPSA) is 123 Å². The fourth-order valence-corrected chi connectivity index (χ4v) is 4.25. The maximum absolute atomic E-state index is 13.0. The van der Waals surface area contributed by atoms with Gasteiger partial charge in [0, 0.05) is 6.07 Å². The van der Waals surface area contributed by atoms with Crippen molar-refractivity contribution in [3.05, 3.63) is 76.7 Å². The van der Waals surface area contributed by atoms with Gasteiger partial charge in [-0.3, -0.25) is 4.72 Å². The van der Waals surface area contributed by atoms with E-state index in [4.69, 9.17) is 16.3 Å². The van der Waals surface area contributed by atoms with Crippen LogP contribution < -0.4 is 14.8 Å². The van der Waals surface area contributed by atoms with E-state index in [1.807, 2.05) is 6.92 Å². The fourth-order valence-electron chi connectivity index (χ4n) is 3.04. The average molecular weight is 484 g/mol. The van der Waals surface area contributed by atoms with Crippen LogP contribution in [0.3, 0.4) is 0 Å². The quantitative estimate of drug-likeness (QED) is 0.311. The number of aromatic nitrogens is 2. The third-order valence-electron chi connectivity index (χ3n) is 4.54. The van der Waals surface area contributed by atoms with Crippen molar-refractivity contribution in [2.24, 2.45) is 5.18 Å². The molecule has 11 heteroatoms.